The second-order valence-electron chi connectivity index (χ2n) is 8.88. The van der Waals surface area contributed by atoms with Crippen molar-refractivity contribution in [2.75, 3.05) is 0 Å². The van der Waals surface area contributed by atoms with E-state index in [1.54, 1.807) is 12.1 Å². The van der Waals surface area contributed by atoms with Crippen molar-refractivity contribution in [3.8, 4) is 5.75 Å². The Morgan fingerprint density at radius 1 is 0.944 bits per heavy atom. The Morgan fingerprint density at radius 2 is 1.69 bits per heavy atom. The maximum Gasteiger partial charge on any atom is 0.267 e. The molecule has 1 saturated heterocycles. The molecule has 3 aromatic carbocycles. The van der Waals surface area contributed by atoms with E-state index in [1.807, 2.05) is 71.6 Å². The van der Waals surface area contributed by atoms with Crippen LogP contribution < -0.4 is 4.74 Å². The molecule has 3 aromatic rings. The molecule has 0 aromatic heterocycles. The minimum atomic E-state index is 0.0147. The summed E-state index contributed by atoms with van der Waals surface area (Å²) < 4.78 is 6.12. The Kier molecular flexibility index (Phi) is 8.00. The second-order valence-corrected chi connectivity index (χ2v) is 10.7. The quantitative estimate of drug-likeness (QED) is 0.296. The van der Waals surface area contributed by atoms with Crippen LogP contribution in [0, 0.1) is 0 Å². The molecule has 0 N–H and O–H groups in total. The number of hydrogen-bond acceptors (Lipinski definition) is 4. The van der Waals surface area contributed by atoms with Gasteiger partial charge in [0.1, 0.15) is 12.4 Å². The second kappa shape index (κ2) is 11.5. The monoisotopic (exact) mass is 536 g/mol. The molecule has 0 bridgehead atoms. The highest BCUT2D eigenvalue weighted by Gasteiger charge is 2.38. The Labute approximate surface area is 226 Å². The number of nitrogens with zero attached hydrogens (tertiary/aromatic N) is 2. The molecule has 184 valence electrons. The van der Waals surface area contributed by atoms with Crippen LogP contribution >= 0.6 is 35.0 Å². The average Bonchev–Trinajstić information content (AvgIpc) is 3.20. The standard InChI is InChI=1S/C29H26Cl2N2O2S/c30-24-16-15-20(17-25(24)31)19-35-26-14-8-7-9-21(26)18-27-28(34)33(23-12-5-2-6-13-23)29(36-27)32-22-10-3-1-4-11-22/h1,3-4,7-11,14-18,23H,2,5-6,12-13,19H2/b27-18-,32-29?. The molecule has 2 aliphatic rings. The van der Waals surface area contributed by atoms with E-state index in [2.05, 4.69) is 0 Å². The Morgan fingerprint density at radius 3 is 2.47 bits per heavy atom. The predicted molar refractivity (Wildman–Crippen MR) is 150 cm³/mol. The number of benzene rings is 3. The van der Waals surface area contributed by atoms with E-state index < -0.39 is 0 Å². The molecule has 1 aliphatic carbocycles. The van der Waals surface area contributed by atoms with Gasteiger partial charge in [-0.05, 0) is 66.6 Å². The molecule has 2 fully saturated rings. The molecule has 7 heteroatoms. The molecule has 0 spiro atoms. The average molecular weight is 538 g/mol. The van der Waals surface area contributed by atoms with Gasteiger partial charge in [0, 0.05) is 11.6 Å². The Bertz CT molecular complexity index is 1300. The summed E-state index contributed by atoms with van der Waals surface area (Å²) in [6.07, 6.45) is 7.45. The first-order valence-corrected chi connectivity index (χ1v) is 13.7. The molecule has 36 heavy (non-hydrogen) atoms. The lowest BCUT2D eigenvalue weighted by Crippen LogP contribution is -2.40. The van der Waals surface area contributed by atoms with Gasteiger partial charge in [-0.15, -0.1) is 0 Å². The maximum absolute atomic E-state index is 13.7. The fraction of sp³-hybridized carbons (Fsp3) is 0.241. The summed E-state index contributed by atoms with van der Waals surface area (Å²) in [5.74, 6) is 0.711. The van der Waals surface area contributed by atoms with Gasteiger partial charge in [-0.25, -0.2) is 4.99 Å². The number of halogens is 2. The lowest BCUT2D eigenvalue weighted by Gasteiger charge is -2.30. The summed E-state index contributed by atoms with van der Waals surface area (Å²) in [7, 11) is 0. The van der Waals surface area contributed by atoms with Crippen molar-refractivity contribution in [3.63, 3.8) is 0 Å². The number of amidine groups is 1. The van der Waals surface area contributed by atoms with E-state index in [1.165, 1.54) is 18.2 Å². The van der Waals surface area contributed by atoms with Gasteiger partial charge in [0.25, 0.3) is 5.91 Å². The molecule has 0 radical (unpaired) electrons. The highest BCUT2D eigenvalue weighted by atomic mass is 35.5. The summed E-state index contributed by atoms with van der Waals surface area (Å²) >= 11 is 13.6. The van der Waals surface area contributed by atoms with Gasteiger partial charge in [-0.2, -0.15) is 0 Å². The zero-order valence-corrected chi connectivity index (χ0v) is 22.0. The van der Waals surface area contributed by atoms with Crippen LogP contribution in [0.15, 0.2) is 82.7 Å². The van der Waals surface area contributed by atoms with Crippen LogP contribution in [0.1, 0.15) is 43.2 Å². The molecule has 1 aliphatic heterocycles. The van der Waals surface area contributed by atoms with Gasteiger partial charge < -0.3 is 4.74 Å². The topological polar surface area (TPSA) is 41.9 Å². The van der Waals surface area contributed by atoms with Crippen LogP contribution in [-0.2, 0) is 11.4 Å². The summed E-state index contributed by atoms with van der Waals surface area (Å²) in [6.45, 7) is 0.340. The van der Waals surface area contributed by atoms with Gasteiger partial charge in [0.2, 0.25) is 0 Å². The number of carbonyl (C=O) groups excluding carboxylic acids is 1. The third-order valence-electron chi connectivity index (χ3n) is 6.34. The zero-order chi connectivity index (χ0) is 24.9. The molecule has 1 heterocycles. The van der Waals surface area contributed by atoms with Crippen molar-refractivity contribution in [1.82, 2.24) is 4.90 Å². The lowest BCUT2D eigenvalue weighted by molar-refractivity contribution is -0.124. The SMILES string of the molecule is O=C1/C(=C/c2ccccc2OCc2ccc(Cl)c(Cl)c2)SC(=Nc2ccccc2)N1C1CCCCC1. The Balaban J connectivity index is 1.42. The van der Waals surface area contributed by atoms with Crippen molar-refractivity contribution >= 4 is 57.8 Å². The third kappa shape index (κ3) is 5.80. The third-order valence-corrected chi connectivity index (χ3v) is 8.06. The number of amides is 1. The van der Waals surface area contributed by atoms with Crippen LogP contribution in [0.3, 0.4) is 0 Å². The molecule has 0 atom stereocenters. The van der Waals surface area contributed by atoms with Gasteiger partial charge in [-0.3, -0.25) is 9.69 Å². The first kappa shape index (κ1) is 24.9. The first-order valence-electron chi connectivity index (χ1n) is 12.1. The van der Waals surface area contributed by atoms with Gasteiger partial charge in [0.15, 0.2) is 5.17 Å². The normalized spacial score (nSPS) is 18.8. The van der Waals surface area contributed by atoms with Crippen molar-refractivity contribution < 1.29 is 9.53 Å². The number of hydrogen-bond donors (Lipinski definition) is 0. The van der Waals surface area contributed by atoms with Crippen LogP contribution in [0.5, 0.6) is 5.75 Å². The van der Waals surface area contributed by atoms with E-state index in [0.29, 0.717) is 27.3 Å². The smallest absolute Gasteiger partial charge is 0.267 e. The van der Waals surface area contributed by atoms with Gasteiger partial charge >= 0.3 is 0 Å². The summed E-state index contributed by atoms with van der Waals surface area (Å²) in [4.78, 5) is 21.1. The van der Waals surface area contributed by atoms with E-state index in [0.717, 1.165) is 47.7 Å². The fourth-order valence-electron chi connectivity index (χ4n) is 4.50. The minimum absolute atomic E-state index is 0.0147. The molecule has 1 amide bonds. The maximum atomic E-state index is 13.7. The number of para-hydroxylation sites is 2. The first-order chi connectivity index (χ1) is 17.6. The molecule has 0 unspecified atom stereocenters. The number of rotatable bonds is 6. The zero-order valence-electron chi connectivity index (χ0n) is 19.7. The van der Waals surface area contributed by atoms with E-state index in [4.69, 9.17) is 32.9 Å². The fourth-order valence-corrected chi connectivity index (χ4v) is 5.87. The number of ether oxygens (including phenoxy) is 1. The lowest BCUT2D eigenvalue weighted by atomic mass is 9.94. The number of aliphatic imine (C=N–C) groups is 1. The molecule has 1 saturated carbocycles. The highest BCUT2D eigenvalue weighted by molar-refractivity contribution is 8.18. The van der Waals surface area contributed by atoms with E-state index in [-0.39, 0.29) is 11.9 Å². The van der Waals surface area contributed by atoms with Crippen LogP contribution in [0.4, 0.5) is 5.69 Å². The van der Waals surface area contributed by atoms with Crippen molar-refractivity contribution in [2.24, 2.45) is 4.99 Å². The largest absolute Gasteiger partial charge is 0.488 e. The predicted octanol–water partition coefficient (Wildman–Crippen LogP) is 8.51. The van der Waals surface area contributed by atoms with Gasteiger partial charge in [-0.1, -0.05) is 84.9 Å². The Hall–Kier alpha value is -2.73. The minimum Gasteiger partial charge on any atom is -0.488 e. The molecule has 5 rings (SSSR count). The van der Waals surface area contributed by atoms with E-state index in [9.17, 15) is 4.79 Å². The highest BCUT2D eigenvalue weighted by Crippen LogP contribution is 2.39. The van der Waals surface area contributed by atoms with E-state index >= 15 is 0 Å². The summed E-state index contributed by atoms with van der Waals surface area (Å²) in [6, 6.07) is 23.2. The molecular weight excluding hydrogens is 511 g/mol. The van der Waals surface area contributed by atoms with Gasteiger partial charge in [0.05, 0.1) is 20.6 Å². The van der Waals surface area contributed by atoms with Crippen molar-refractivity contribution in [1.29, 1.82) is 0 Å². The van der Waals surface area contributed by atoms with Crippen molar-refractivity contribution in [3.05, 3.63) is 98.9 Å². The molecular formula is C29H26Cl2N2O2S. The number of thioether (sulfide) groups is 1. The van der Waals surface area contributed by atoms with Crippen LogP contribution in [0.2, 0.25) is 10.0 Å². The molecule has 4 nitrogen and oxygen atoms in total. The van der Waals surface area contributed by atoms with Crippen LogP contribution in [-0.4, -0.2) is 22.0 Å². The summed E-state index contributed by atoms with van der Waals surface area (Å²) in [5.41, 5.74) is 2.61. The van der Waals surface area contributed by atoms with Crippen LogP contribution in [0.25, 0.3) is 6.08 Å². The summed E-state index contributed by atoms with van der Waals surface area (Å²) in [5, 5.41) is 1.76. The number of carbonyl (C=O) groups is 1. The van der Waals surface area contributed by atoms with Crippen molar-refractivity contribution in [2.45, 2.75) is 44.8 Å².